The largest absolute Gasteiger partial charge is 0.439 e. The van der Waals surface area contributed by atoms with E-state index in [1.165, 1.54) is 25.3 Å². The second-order valence-corrected chi connectivity index (χ2v) is 4.21. The molecule has 0 spiro atoms. The Morgan fingerprint density at radius 3 is 2.59 bits per heavy atom. The maximum Gasteiger partial charge on any atom is 0.287 e. The van der Waals surface area contributed by atoms with E-state index >= 15 is 0 Å². The molecule has 0 bridgehead atoms. The molecule has 2 aromatic rings. The molecule has 0 saturated heterocycles. The van der Waals surface area contributed by atoms with E-state index in [1.807, 2.05) is 0 Å². The van der Waals surface area contributed by atoms with Crippen LogP contribution in [0.25, 0.3) is 0 Å². The number of hydrazone groups is 1. The molecule has 1 heterocycles. The van der Waals surface area contributed by atoms with E-state index in [0.29, 0.717) is 5.75 Å². The molecule has 0 unspecified atom stereocenters. The van der Waals surface area contributed by atoms with E-state index in [2.05, 4.69) is 15.5 Å². The normalized spacial score (nSPS) is 10.4. The smallest absolute Gasteiger partial charge is 0.287 e. The van der Waals surface area contributed by atoms with E-state index in [9.17, 15) is 14.9 Å². The van der Waals surface area contributed by atoms with Gasteiger partial charge in [0.25, 0.3) is 5.69 Å². The number of nitrogens with one attached hydrogen (secondary N) is 1. The first kappa shape index (κ1) is 15.1. The van der Waals surface area contributed by atoms with Crippen molar-refractivity contribution in [1.82, 2.24) is 10.4 Å². The Balaban J connectivity index is 2.00. The van der Waals surface area contributed by atoms with Crippen LogP contribution in [-0.4, -0.2) is 22.0 Å². The van der Waals surface area contributed by atoms with E-state index < -0.39 is 4.92 Å². The molecule has 0 aliphatic rings. The monoisotopic (exact) mass is 300 g/mol. The minimum absolute atomic E-state index is 0.100. The molecule has 8 nitrogen and oxygen atoms in total. The molecule has 0 aliphatic heterocycles. The fourth-order valence-electron chi connectivity index (χ4n) is 1.48. The molecular formula is C14H12N4O4. The second-order valence-electron chi connectivity index (χ2n) is 4.21. The van der Waals surface area contributed by atoms with Crippen molar-refractivity contribution < 1.29 is 14.5 Å². The molecule has 1 aromatic carbocycles. The average Bonchev–Trinajstić information content (AvgIpc) is 2.49. The minimum Gasteiger partial charge on any atom is -0.439 e. The Labute approximate surface area is 125 Å². The number of ether oxygens (including phenoxy) is 1. The van der Waals surface area contributed by atoms with Crippen LogP contribution in [0.4, 0.5) is 5.69 Å². The first-order valence-corrected chi connectivity index (χ1v) is 6.22. The topological polar surface area (TPSA) is 107 Å². The van der Waals surface area contributed by atoms with Crippen molar-refractivity contribution in [1.29, 1.82) is 0 Å². The number of hydrogen-bond acceptors (Lipinski definition) is 6. The lowest BCUT2D eigenvalue weighted by atomic mass is 10.2. The number of nitro groups is 1. The number of pyridine rings is 1. The van der Waals surface area contributed by atoms with Gasteiger partial charge in [-0.15, -0.1) is 0 Å². The van der Waals surface area contributed by atoms with Crippen LogP contribution in [0.2, 0.25) is 0 Å². The molecule has 1 N–H and O–H groups in total. The summed E-state index contributed by atoms with van der Waals surface area (Å²) in [6, 6.07) is 9.61. The molecule has 0 saturated carbocycles. The quantitative estimate of drug-likeness (QED) is 0.517. The van der Waals surface area contributed by atoms with Gasteiger partial charge in [-0.25, -0.2) is 10.4 Å². The van der Waals surface area contributed by atoms with Crippen molar-refractivity contribution in [2.75, 3.05) is 0 Å². The lowest BCUT2D eigenvalue weighted by Gasteiger charge is -2.04. The molecule has 0 fully saturated rings. The molecule has 2 rings (SSSR count). The predicted molar refractivity (Wildman–Crippen MR) is 78.8 cm³/mol. The van der Waals surface area contributed by atoms with Gasteiger partial charge in [-0.2, -0.15) is 5.10 Å². The number of nitrogens with zero attached hydrogens (tertiary/aromatic N) is 3. The van der Waals surface area contributed by atoms with Crippen LogP contribution >= 0.6 is 0 Å². The zero-order valence-electron chi connectivity index (χ0n) is 11.6. The van der Waals surface area contributed by atoms with Gasteiger partial charge in [0, 0.05) is 19.1 Å². The highest BCUT2D eigenvalue weighted by Gasteiger charge is 2.06. The Bertz CT molecular complexity index is 696. The predicted octanol–water partition coefficient (Wildman–Crippen LogP) is 2.25. The summed E-state index contributed by atoms with van der Waals surface area (Å²) in [5.41, 5.74) is 2.97. The highest BCUT2D eigenvalue weighted by molar-refractivity contribution is 5.81. The molecular weight excluding hydrogens is 288 g/mol. The van der Waals surface area contributed by atoms with Gasteiger partial charge in [0.1, 0.15) is 11.9 Å². The minimum atomic E-state index is -0.528. The molecule has 8 heteroatoms. The third-order valence-corrected chi connectivity index (χ3v) is 2.47. The SMILES string of the molecule is CC(=O)N/N=C\c1ccc(Oc2ccc([N+](=O)[O-])cn2)cc1. The molecule has 0 radical (unpaired) electrons. The van der Waals surface area contributed by atoms with Gasteiger partial charge in [-0.3, -0.25) is 14.9 Å². The number of aromatic nitrogens is 1. The fraction of sp³-hybridized carbons (Fsp3) is 0.0714. The molecule has 22 heavy (non-hydrogen) atoms. The summed E-state index contributed by atoms with van der Waals surface area (Å²) in [4.78, 5) is 24.5. The maximum atomic E-state index is 10.7. The van der Waals surface area contributed by atoms with E-state index in [0.717, 1.165) is 11.8 Å². The number of carbonyl (C=O) groups excluding carboxylic acids is 1. The summed E-state index contributed by atoms with van der Waals surface area (Å²) < 4.78 is 5.46. The van der Waals surface area contributed by atoms with Gasteiger partial charge >= 0.3 is 0 Å². The first-order chi connectivity index (χ1) is 10.5. The van der Waals surface area contributed by atoms with Crippen LogP contribution in [0, 0.1) is 10.1 Å². The zero-order chi connectivity index (χ0) is 15.9. The third kappa shape index (κ3) is 4.37. The Kier molecular flexibility index (Phi) is 4.76. The Morgan fingerprint density at radius 1 is 1.32 bits per heavy atom. The van der Waals surface area contributed by atoms with Crippen LogP contribution in [0.3, 0.4) is 0 Å². The van der Waals surface area contributed by atoms with Crippen molar-refractivity contribution in [2.45, 2.75) is 6.92 Å². The van der Waals surface area contributed by atoms with Gasteiger partial charge in [0.2, 0.25) is 11.8 Å². The van der Waals surface area contributed by atoms with E-state index in [-0.39, 0.29) is 17.5 Å². The van der Waals surface area contributed by atoms with Crippen molar-refractivity contribution in [3.05, 3.63) is 58.3 Å². The molecule has 1 aromatic heterocycles. The van der Waals surface area contributed by atoms with Crippen molar-refractivity contribution in [3.8, 4) is 11.6 Å². The third-order valence-electron chi connectivity index (χ3n) is 2.47. The van der Waals surface area contributed by atoms with Crippen LogP contribution < -0.4 is 10.2 Å². The fourth-order valence-corrected chi connectivity index (χ4v) is 1.48. The summed E-state index contributed by atoms with van der Waals surface area (Å²) in [5, 5.41) is 14.3. The zero-order valence-corrected chi connectivity index (χ0v) is 11.6. The summed E-state index contributed by atoms with van der Waals surface area (Å²) in [6.45, 7) is 1.37. The van der Waals surface area contributed by atoms with Gasteiger partial charge in [-0.05, 0) is 29.8 Å². The molecule has 0 aliphatic carbocycles. The summed E-state index contributed by atoms with van der Waals surface area (Å²) in [6.07, 6.45) is 2.62. The van der Waals surface area contributed by atoms with Gasteiger partial charge in [0.05, 0.1) is 11.1 Å². The van der Waals surface area contributed by atoms with Crippen molar-refractivity contribution >= 4 is 17.8 Å². The second kappa shape index (κ2) is 6.93. The summed E-state index contributed by atoms with van der Waals surface area (Å²) in [5.74, 6) is 0.531. The molecule has 0 atom stereocenters. The number of amides is 1. The standard InChI is InChI=1S/C14H12N4O4/c1-10(19)17-16-8-11-2-5-13(6-3-11)22-14-7-4-12(9-15-14)18(20)21/h2-9H,1H3,(H,17,19)/b16-8-. The lowest BCUT2D eigenvalue weighted by Crippen LogP contribution is -2.12. The van der Waals surface area contributed by atoms with Crippen LogP contribution in [0.15, 0.2) is 47.7 Å². The van der Waals surface area contributed by atoms with E-state index in [1.54, 1.807) is 24.3 Å². The summed E-state index contributed by atoms with van der Waals surface area (Å²) >= 11 is 0. The lowest BCUT2D eigenvalue weighted by molar-refractivity contribution is -0.385. The van der Waals surface area contributed by atoms with Crippen molar-refractivity contribution in [3.63, 3.8) is 0 Å². The Hall–Kier alpha value is -3.29. The molecule has 1 amide bonds. The first-order valence-electron chi connectivity index (χ1n) is 6.22. The van der Waals surface area contributed by atoms with Crippen LogP contribution in [0.1, 0.15) is 12.5 Å². The van der Waals surface area contributed by atoms with Crippen LogP contribution in [0.5, 0.6) is 11.6 Å². The number of hydrogen-bond donors (Lipinski definition) is 1. The average molecular weight is 300 g/mol. The van der Waals surface area contributed by atoms with Gasteiger partial charge < -0.3 is 4.74 Å². The highest BCUT2D eigenvalue weighted by atomic mass is 16.6. The van der Waals surface area contributed by atoms with Crippen LogP contribution in [-0.2, 0) is 4.79 Å². The maximum absolute atomic E-state index is 10.7. The summed E-state index contributed by atoms with van der Waals surface area (Å²) in [7, 11) is 0. The van der Waals surface area contributed by atoms with Gasteiger partial charge in [0.15, 0.2) is 0 Å². The highest BCUT2D eigenvalue weighted by Crippen LogP contribution is 2.21. The number of carbonyl (C=O) groups is 1. The van der Waals surface area contributed by atoms with E-state index in [4.69, 9.17) is 4.74 Å². The number of benzene rings is 1. The Morgan fingerprint density at radius 2 is 2.05 bits per heavy atom. The van der Waals surface area contributed by atoms with Crippen molar-refractivity contribution in [2.24, 2.45) is 5.10 Å². The number of rotatable bonds is 5. The molecule has 112 valence electrons. The van der Waals surface area contributed by atoms with Gasteiger partial charge in [-0.1, -0.05) is 0 Å².